The summed E-state index contributed by atoms with van der Waals surface area (Å²) < 4.78 is 0. The maximum absolute atomic E-state index is 12.2. The number of hydrogen-bond acceptors (Lipinski definition) is 5. The maximum Gasteiger partial charge on any atom is 0.279 e. The lowest BCUT2D eigenvalue weighted by Crippen LogP contribution is -2.31. The molecular weight excluding hydrogens is 288 g/mol. The highest BCUT2D eigenvalue weighted by Gasteiger charge is 2.34. The van der Waals surface area contributed by atoms with E-state index in [1.165, 1.54) is 12.1 Å². The summed E-state index contributed by atoms with van der Waals surface area (Å²) in [5.41, 5.74) is -0.235. The van der Waals surface area contributed by atoms with Crippen LogP contribution < -0.4 is 0 Å². The molecule has 0 bridgehead atoms. The lowest BCUT2D eigenvalue weighted by atomic mass is 9.71. The number of nitro benzene ring substituents is 2. The average Bonchev–Trinajstić information content (AvgIpc) is 2.41. The van der Waals surface area contributed by atoms with E-state index in [0.717, 1.165) is 12.5 Å². The third-order valence-electron chi connectivity index (χ3n) is 4.22. The number of ketones is 1. The Balaban J connectivity index is 2.24. The second kappa shape index (κ2) is 5.82. The zero-order valence-corrected chi connectivity index (χ0v) is 12.6. The molecule has 0 radical (unpaired) electrons. The molecule has 7 nitrogen and oxygen atoms in total. The Morgan fingerprint density at radius 2 is 1.91 bits per heavy atom. The zero-order chi connectivity index (χ0) is 16.5. The summed E-state index contributed by atoms with van der Waals surface area (Å²) in [6.07, 6.45) is 2.33. The molecule has 118 valence electrons. The number of nitro groups is 2. The van der Waals surface area contributed by atoms with Crippen LogP contribution in [0.1, 0.15) is 38.7 Å². The molecule has 1 aromatic carbocycles. The molecule has 22 heavy (non-hydrogen) atoms. The van der Waals surface area contributed by atoms with E-state index < -0.39 is 9.85 Å². The minimum Gasteiger partial charge on any atom is -0.299 e. The first-order valence-corrected chi connectivity index (χ1v) is 7.14. The fourth-order valence-corrected chi connectivity index (χ4v) is 2.92. The van der Waals surface area contributed by atoms with Crippen molar-refractivity contribution in [2.45, 2.75) is 39.5 Å². The number of nitrogens with zero attached hydrogens (tertiary/aromatic N) is 2. The highest BCUT2D eigenvalue weighted by atomic mass is 16.6. The Hall–Kier alpha value is -2.31. The SMILES string of the molecule is CC1(C)CC[C@@H](Cc2ccc([N+](=O)[O-])cc2[N+](=O)[O-])C(=O)C1. The standard InChI is InChI=1S/C15H18N2O5/c1-15(2)6-5-11(14(18)9-15)7-10-3-4-12(16(19)20)8-13(10)17(21)22/h3-4,8,11H,5-7,9H2,1-2H3/t11-/m0/s1. The van der Waals surface area contributed by atoms with Gasteiger partial charge in [-0.1, -0.05) is 13.8 Å². The molecule has 1 aromatic rings. The third kappa shape index (κ3) is 3.47. The monoisotopic (exact) mass is 306 g/mol. The van der Waals surface area contributed by atoms with Crippen LogP contribution in [0.15, 0.2) is 18.2 Å². The molecule has 0 amide bonds. The van der Waals surface area contributed by atoms with Crippen LogP contribution >= 0.6 is 0 Å². The maximum atomic E-state index is 12.2. The van der Waals surface area contributed by atoms with Crippen molar-refractivity contribution in [2.75, 3.05) is 0 Å². The van der Waals surface area contributed by atoms with Crippen LogP contribution in [0.5, 0.6) is 0 Å². The van der Waals surface area contributed by atoms with Crippen LogP contribution in [-0.2, 0) is 11.2 Å². The van der Waals surface area contributed by atoms with Gasteiger partial charge in [0, 0.05) is 24.0 Å². The average molecular weight is 306 g/mol. The Bertz CT molecular complexity index is 639. The summed E-state index contributed by atoms with van der Waals surface area (Å²) in [7, 11) is 0. The smallest absolute Gasteiger partial charge is 0.279 e. The molecule has 1 atom stereocenters. The molecule has 0 N–H and O–H groups in total. The normalized spacial score (nSPS) is 20.6. The van der Waals surface area contributed by atoms with Gasteiger partial charge in [0.1, 0.15) is 5.78 Å². The number of carbonyl (C=O) groups excluding carboxylic acids is 1. The van der Waals surface area contributed by atoms with E-state index in [1.807, 2.05) is 13.8 Å². The molecule has 0 spiro atoms. The van der Waals surface area contributed by atoms with E-state index >= 15 is 0 Å². The van der Waals surface area contributed by atoms with Gasteiger partial charge in [-0.15, -0.1) is 0 Å². The van der Waals surface area contributed by atoms with Gasteiger partial charge in [0.15, 0.2) is 0 Å². The number of rotatable bonds is 4. The minimum atomic E-state index is -0.662. The Morgan fingerprint density at radius 3 is 2.45 bits per heavy atom. The van der Waals surface area contributed by atoms with Gasteiger partial charge in [-0.05, 0) is 30.7 Å². The molecule has 0 unspecified atom stereocenters. The van der Waals surface area contributed by atoms with Crippen LogP contribution in [0.2, 0.25) is 0 Å². The topological polar surface area (TPSA) is 103 Å². The predicted octanol–water partition coefficient (Wildman–Crippen LogP) is 3.44. The lowest BCUT2D eigenvalue weighted by Gasteiger charge is -2.33. The Kier molecular flexibility index (Phi) is 4.25. The van der Waals surface area contributed by atoms with Crippen LogP contribution in [0.3, 0.4) is 0 Å². The molecule has 2 rings (SSSR count). The molecular formula is C15H18N2O5. The van der Waals surface area contributed by atoms with Crippen LogP contribution in [0, 0.1) is 31.6 Å². The Morgan fingerprint density at radius 1 is 1.23 bits per heavy atom. The van der Waals surface area contributed by atoms with Gasteiger partial charge in [-0.2, -0.15) is 0 Å². The largest absolute Gasteiger partial charge is 0.299 e. The molecule has 0 heterocycles. The van der Waals surface area contributed by atoms with Gasteiger partial charge < -0.3 is 0 Å². The van der Waals surface area contributed by atoms with Gasteiger partial charge in [-0.25, -0.2) is 0 Å². The van der Waals surface area contributed by atoms with Gasteiger partial charge in [0.05, 0.1) is 15.9 Å². The summed E-state index contributed by atoms with van der Waals surface area (Å²) >= 11 is 0. The van der Waals surface area contributed by atoms with Crippen molar-refractivity contribution in [3.63, 3.8) is 0 Å². The number of benzene rings is 1. The van der Waals surface area contributed by atoms with E-state index in [9.17, 15) is 25.0 Å². The zero-order valence-electron chi connectivity index (χ0n) is 12.6. The number of non-ortho nitro benzene ring substituents is 1. The highest BCUT2D eigenvalue weighted by molar-refractivity contribution is 5.82. The highest BCUT2D eigenvalue weighted by Crippen LogP contribution is 2.38. The van der Waals surface area contributed by atoms with Crippen molar-refractivity contribution in [3.05, 3.63) is 44.0 Å². The molecule has 1 saturated carbocycles. The molecule has 1 aliphatic carbocycles. The van der Waals surface area contributed by atoms with Crippen LogP contribution in [-0.4, -0.2) is 15.6 Å². The number of carbonyl (C=O) groups is 1. The fraction of sp³-hybridized carbons (Fsp3) is 0.533. The molecule has 0 aromatic heterocycles. The first-order chi connectivity index (χ1) is 10.2. The minimum absolute atomic E-state index is 0.0189. The first-order valence-electron chi connectivity index (χ1n) is 7.14. The van der Waals surface area contributed by atoms with Gasteiger partial charge in [0.2, 0.25) is 0 Å². The summed E-state index contributed by atoms with van der Waals surface area (Å²) in [5.74, 6) is -0.128. The first kappa shape index (κ1) is 16.1. The van der Waals surface area contributed by atoms with E-state index in [2.05, 4.69) is 0 Å². The van der Waals surface area contributed by atoms with E-state index in [1.54, 1.807) is 0 Å². The third-order valence-corrected chi connectivity index (χ3v) is 4.22. The molecule has 7 heteroatoms. The quantitative estimate of drug-likeness (QED) is 0.626. The van der Waals surface area contributed by atoms with Gasteiger partial charge >= 0.3 is 0 Å². The van der Waals surface area contributed by atoms with E-state index in [0.29, 0.717) is 18.4 Å². The van der Waals surface area contributed by atoms with E-state index in [4.69, 9.17) is 0 Å². The molecule has 1 fully saturated rings. The van der Waals surface area contributed by atoms with Crippen LogP contribution in [0.25, 0.3) is 0 Å². The predicted molar refractivity (Wildman–Crippen MR) is 79.6 cm³/mol. The van der Waals surface area contributed by atoms with Gasteiger partial charge in [-0.3, -0.25) is 25.0 Å². The van der Waals surface area contributed by atoms with Crippen molar-refractivity contribution in [3.8, 4) is 0 Å². The molecule has 0 aliphatic heterocycles. The van der Waals surface area contributed by atoms with Crippen molar-refractivity contribution in [2.24, 2.45) is 11.3 Å². The summed E-state index contributed by atoms with van der Waals surface area (Å²) in [4.78, 5) is 32.8. The Labute approximate surface area is 127 Å². The molecule has 1 aliphatic rings. The lowest BCUT2D eigenvalue weighted by molar-refractivity contribution is -0.394. The van der Waals surface area contributed by atoms with Gasteiger partial charge in [0.25, 0.3) is 11.4 Å². The number of Topliss-reactive ketones (excluding diaryl/α,β-unsaturated/α-hetero) is 1. The summed E-state index contributed by atoms with van der Waals surface area (Å²) in [5, 5.41) is 21.9. The van der Waals surface area contributed by atoms with Crippen molar-refractivity contribution >= 4 is 17.2 Å². The van der Waals surface area contributed by atoms with Crippen molar-refractivity contribution < 1.29 is 14.6 Å². The summed E-state index contributed by atoms with van der Waals surface area (Å²) in [6, 6.07) is 3.61. The number of hydrogen-bond donors (Lipinski definition) is 0. The van der Waals surface area contributed by atoms with Crippen LogP contribution in [0.4, 0.5) is 11.4 Å². The fourth-order valence-electron chi connectivity index (χ4n) is 2.92. The van der Waals surface area contributed by atoms with E-state index in [-0.39, 0.29) is 34.9 Å². The van der Waals surface area contributed by atoms with Crippen molar-refractivity contribution in [1.82, 2.24) is 0 Å². The summed E-state index contributed by atoms with van der Waals surface area (Å²) in [6.45, 7) is 4.07. The molecule has 0 saturated heterocycles. The second-order valence-corrected chi connectivity index (χ2v) is 6.57. The second-order valence-electron chi connectivity index (χ2n) is 6.57. The van der Waals surface area contributed by atoms with Crippen molar-refractivity contribution in [1.29, 1.82) is 0 Å².